The molecule has 0 aliphatic carbocycles. The van der Waals surface area contributed by atoms with Crippen LogP contribution in [0, 0.1) is 0 Å². The van der Waals surface area contributed by atoms with Gasteiger partial charge in [0.15, 0.2) is 0 Å². The Hall–Kier alpha value is -0.740. The van der Waals surface area contributed by atoms with Crippen LogP contribution in [-0.4, -0.2) is 24.9 Å². The van der Waals surface area contributed by atoms with E-state index in [0.29, 0.717) is 0 Å². The summed E-state index contributed by atoms with van der Waals surface area (Å²) in [6.45, 7) is -0.991. The lowest BCUT2D eigenvalue weighted by atomic mass is 10.2. The highest BCUT2D eigenvalue weighted by molar-refractivity contribution is 5.79. The van der Waals surface area contributed by atoms with Crippen molar-refractivity contribution in [1.29, 1.82) is 0 Å². The lowest BCUT2D eigenvalue weighted by Crippen LogP contribution is -2.33. The van der Waals surface area contributed by atoms with E-state index in [0.717, 1.165) is 0 Å². The third-order valence-electron chi connectivity index (χ3n) is 0.974. The minimum absolute atomic E-state index is 0.621. The number of amides is 1. The zero-order valence-electron chi connectivity index (χ0n) is 5.19. The van der Waals surface area contributed by atoms with E-state index in [1.165, 1.54) is 0 Å². The molecule has 10 heavy (non-hydrogen) atoms. The second-order valence-corrected chi connectivity index (χ2v) is 1.80. The summed E-state index contributed by atoms with van der Waals surface area (Å²) in [5.74, 6) is -1.39. The molecule has 2 N–H and O–H groups in total. The van der Waals surface area contributed by atoms with Gasteiger partial charge in [0, 0.05) is 6.42 Å². The van der Waals surface area contributed by atoms with E-state index in [-0.39, 0.29) is 0 Å². The first-order valence-corrected chi connectivity index (χ1v) is 2.73. The number of rotatable bonds is 4. The zero-order chi connectivity index (χ0) is 8.15. The maximum atomic E-state index is 12.1. The highest BCUT2D eigenvalue weighted by Crippen LogP contribution is 2.07. The van der Waals surface area contributed by atoms with E-state index < -0.39 is 31.3 Å². The number of hydrogen-bond donors (Lipinski definition) is 1. The normalized spacial score (nSPS) is 16.3. The topological polar surface area (TPSA) is 43.1 Å². The molecule has 0 saturated carbocycles. The van der Waals surface area contributed by atoms with Crippen LogP contribution in [0.15, 0.2) is 0 Å². The van der Waals surface area contributed by atoms with E-state index in [1.807, 2.05) is 0 Å². The second kappa shape index (κ2) is 4.14. The van der Waals surface area contributed by atoms with E-state index in [4.69, 9.17) is 0 Å². The van der Waals surface area contributed by atoms with Crippen LogP contribution < -0.4 is 5.73 Å². The Morgan fingerprint density at radius 3 is 2.30 bits per heavy atom. The number of alkyl halides is 3. The van der Waals surface area contributed by atoms with Crippen molar-refractivity contribution < 1.29 is 18.0 Å². The molecule has 0 aliphatic heterocycles. The van der Waals surface area contributed by atoms with Gasteiger partial charge in [0.2, 0.25) is 6.17 Å². The molecule has 2 unspecified atom stereocenters. The molecular weight excluding hydrogens is 147 g/mol. The molecule has 0 aromatic carbocycles. The first kappa shape index (κ1) is 9.26. The van der Waals surface area contributed by atoms with Crippen molar-refractivity contribution in [3.8, 4) is 0 Å². The molecule has 0 saturated heterocycles. The first-order chi connectivity index (χ1) is 4.59. The predicted octanol–water partition coefficient (Wildman–Crippen LogP) is 0.508. The highest BCUT2D eigenvalue weighted by atomic mass is 19.2. The number of carbonyl (C=O) groups excluding carboxylic acids is 1. The molecular formula is C5H8F3NO. The van der Waals surface area contributed by atoms with Crippen molar-refractivity contribution in [2.24, 2.45) is 5.73 Å². The molecule has 0 fully saturated rings. The minimum atomic E-state index is -2.38. The Morgan fingerprint density at radius 1 is 1.50 bits per heavy atom. The van der Waals surface area contributed by atoms with E-state index in [2.05, 4.69) is 5.73 Å². The van der Waals surface area contributed by atoms with Gasteiger partial charge in [-0.25, -0.2) is 8.78 Å². The molecule has 2 atom stereocenters. The summed E-state index contributed by atoms with van der Waals surface area (Å²) in [7, 11) is 0. The lowest BCUT2D eigenvalue weighted by Gasteiger charge is -2.06. The van der Waals surface area contributed by atoms with Crippen molar-refractivity contribution in [3.63, 3.8) is 0 Å². The average molecular weight is 155 g/mol. The Bertz CT molecular complexity index is 119. The summed E-state index contributed by atoms with van der Waals surface area (Å²) < 4.78 is 35.5. The Labute approximate surface area is 56.2 Å². The summed E-state index contributed by atoms with van der Waals surface area (Å²) in [6.07, 6.45) is -5.11. The molecule has 0 heterocycles. The fraction of sp³-hybridized carbons (Fsp3) is 0.800. The van der Waals surface area contributed by atoms with Gasteiger partial charge in [-0.1, -0.05) is 0 Å². The Balaban J connectivity index is 3.69. The fourth-order valence-corrected chi connectivity index (χ4v) is 0.429. The number of primary amides is 1. The largest absolute Gasteiger partial charge is 0.367 e. The first-order valence-electron chi connectivity index (χ1n) is 2.73. The zero-order valence-corrected chi connectivity index (χ0v) is 5.19. The molecule has 0 spiro atoms. The van der Waals surface area contributed by atoms with Gasteiger partial charge in [0.05, 0.1) is 6.67 Å². The number of nitrogens with two attached hydrogens (primary N) is 1. The van der Waals surface area contributed by atoms with Gasteiger partial charge in [0.1, 0.15) is 6.17 Å². The smallest absolute Gasteiger partial charge is 0.255 e. The predicted molar refractivity (Wildman–Crippen MR) is 29.6 cm³/mol. The van der Waals surface area contributed by atoms with Crippen LogP contribution in [0.3, 0.4) is 0 Å². The van der Waals surface area contributed by atoms with Crippen LogP contribution in [0.25, 0.3) is 0 Å². The van der Waals surface area contributed by atoms with Gasteiger partial charge in [-0.05, 0) is 0 Å². The number of hydrogen-bond acceptors (Lipinski definition) is 1. The monoisotopic (exact) mass is 155 g/mol. The molecule has 0 aromatic heterocycles. The van der Waals surface area contributed by atoms with Crippen molar-refractivity contribution >= 4 is 5.91 Å². The Kier molecular flexibility index (Phi) is 3.83. The minimum Gasteiger partial charge on any atom is -0.367 e. The van der Waals surface area contributed by atoms with Gasteiger partial charge in [-0.15, -0.1) is 0 Å². The molecule has 1 amide bonds. The maximum absolute atomic E-state index is 12.1. The molecule has 0 aromatic rings. The quantitative estimate of drug-likeness (QED) is 0.631. The Morgan fingerprint density at radius 2 is 2.00 bits per heavy atom. The van der Waals surface area contributed by atoms with Crippen LogP contribution in [0.2, 0.25) is 0 Å². The molecule has 0 radical (unpaired) electrons. The van der Waals surface area contributed by atoms with Crippen LogP contribution in [0.4, 0.5) is 13.2 Å². The lowest BCUT2D eigenvalue weighted by molar-refractivity contribution is -0.125. The maximum Gasteiger partial charge on any atom is 0.255 e. The molecule has 60 valence electrons. The van der Waals surface area contributed by atoms with Gasteiger partial charge in [0.25, 0.3) is 5.91 Å². The van der Waals surface area contributed by atoms with Crippen LogP contribution >= 0.6 is 0 Å². The van der Waals surface area contributed by atoms with Crippen LogP contribution in [0.5, 0.6) is 0 Å². The van der Waals surface area contributed by atoms with Gasteiger partial charge < -0.3 is 5.73 Å². The van der Waals surface area contributed by atoms with Gasteiger partial charge in [-0.2, -0.15) is 0 Å². The van der Waals surface area contributed by atoms with Crippen molar-refractivity contribution in [2.45, 2.75) is 18.8 Å². The standard InChI is InChI=1S/C5H8F3NO/c6-2-1-3(7)4(8)5(9)10/h3-4H,1-2H2,(H2,9,10). The van der Waals surface area contributed by atoms with Crippen LogP contribution in [0.1, 0.15) is 6.42 Å². The molecule has 2 nitrogen and oxygen atoms in total. The van der Waals surface area contributed by atoms with Crippen LogP contribution in [-0.2, 0) is 4.79 Å². The highest BCUT2D eigenvalue weighted by Gasteiger charge is 2.25. The van der Waals surface area contributed by atoms with Gasteiger partial charge >= 0.3 is 0 Å². The summed E-state index contributed by atoms with van der Waals surface area (Å²) in [5.41, 5.74) is 4.39. The SMILES string of the molecule is NC(=O)C(F)C(F)CCF. The van der Waals surface area contributed by atoms with Crippen molar-refractivity contribution in [3.05, 3.63) is 0 Å². The summed E-state index contributed by atoms with van der Waals surface area (Å²) in [4.78, 5) is 9.90. The molecule has 0 rings (SSSR count). The molecule has 0 aliphatic rings. The third-order valence-corrected chi connectivity index (χ3v) is 0.974. The van der Waals surface area contributed by atoms with E-state index >= 15 is 0 Å². The fourth-order valence-electron chi connectivity index (χ4n) is 0.429. The molecule has 5 heteroatoms. The summed E-state index contributed by atoms with van der Waals surface area (Å²) in [5, 5.41) is 0. The average Bonchev–Trinajstić information content (AvgIpc) is 1.87. The number of halogens is 3. The second-order valence-electron chi connectivity index (χ2n) is 1.80. The van der Waals surface area contributed by atoms with E-state index in [9.17, 15) is 18.0 Å². The van der Waals surface area contributed by atoms with Gasteiger partial charge in [-0.3, -0.25) is 9.18 Å². The molecule has 0 bridgehead atoms. The summed E-state index contributed by atoms with van der Waals surface area (Å²) >= 11 is 0. The summed E-state index contributed by atoms with van der Waals surface area (Å²) in [6, 6.07) is 0. The van der Waals surface area contributed by atoms with E-state index in [1.54, 1.807) is 0 Å². The number of carbonyl (C=O) groups is 1. The third kappa shape index (κ3) is 2.70. The van der Waals surface area contributed by atoms with Crippen molar-refractivity contribution in [1.82, 2.24) is 0 Å². The van der Waals surface area contributed by atoms with Crippen molar-refractivity contribution in [2.75, 3.05) is 6.67 Å².